The van der Waals surface area contributed by atoms with Gasteiger partial charge in [-0.3, -0.25) is 4.79 Å². The van der Waals surface area contributed by atoms with E-state index in [0.717, 1.165) is 16.2 Å². The van der Waals surface area contributed by atoms with Crippen molar-refractivity contribution in [2.75, 3.05) is 40.8 Å². The summed E-state index contributed by atoms with van der Waals surface area (Å²) < 4.78 is 5.34. The number of likely N-dealkylation sites (tertiary alicyclic amines) is 1. The van der Waals surface area contributed by atoms with Crippen molar-refractivity contribution in [1.29, 1.82) is 0 Å². The summed E-state index contributed by atoms with van der Waals surface area (Å²) in [6.45, 7) is 1.81. The van der Waals surface area contributed by atoms with Gasteiger partial charge < -0.3 is 19.6 Å². The molecule has 27 heavy (non-hydrogen) atoms. The van der Waals surface area contributed by atoms with Gasteiger partial charge in [0.25, 0.3) is 0 Å². The maximum absolute atomic E-state index is 12.8. The van der Waals surface area contributed by atoms with Crippen LogP contribution in [0.15, 0.2) is 41.8 Å². The minimum atomic E-state index is -0.974. The van der Waals surface area contributed by atoms with Crippen LogP contribution in [0.25, 0.3) is 0 Å². The zero-order valence-electron chi connectivity index (χ0n) is 16.2. The van der Waals surface area contributed by atoms with E-state index in [1.165, 1.54) is 0 Å². The van der Waals surface area contributed by atoms with E-state index in [1.54, 1.807) is 18.4 Å². The number of hydrogen-bond donors (Lipinski definition) is 1. The van der Waals surface area contributed by atoms with Crippen LogP contribution in [0.5, 0.6) is 5.75 Å². The van der Waals surface area contributed by atoms with Crippen molar-refractivity contribution in [1.82, 2.24) is 9.80 Å². The largest absolute Gasteiger partial charge is 0.497 e. The molecule has 1 aliphatic rings. The second-order valence-electron chi connectivity index (χ2n) is 7.46. The number of hydrogen-bond acceptors (Lipinski definition) is 5. The lowest BCUT2D eigenvalue weighted by atomic mass is 9.75. The van der Waals surface area contributed by atoms with Gasteiger partial charge in [-0.2, -0.15) is 0 Å². The average molecular weight is 389 g/mol. The molecule has 146 valence electrons. The van der Waals surface area contributed by atoms with E-state index in [-0.39, 0.29) is 11.8 Å². The Labute approximate surface area is 165 Å². The fourth-order valence-corrected chi connectivity index (χ4v) is 4.54. The maximum Gasteiger partial charge on any atom is 0.227 e. The first-order valence-corrected chi connectivity index (χ1v) is 10.1. The molecule has 6 heteroatoms. The summed E-state index contributed by atoms with van der Waals surface area (Å²) in [7, 11) is 5.63. The molecule has 1 saturated heterocycles. The first-order chi connectivity index (χ1) is 12.9. The average Bonchev–Trinajstić information content (AvgIpc) is 3.16. The lowest BCUT2D eigenvalue weighted by Gasteiger charge is -2.46. The molecule has 2 heterocycles. The highest BCUT2D eigenvalue weighted by atomic mass is 32.1. The Kier molecular flexibility index (Phi) is 6.19. The van der Waals surface area contributed by atoms with Crippen molar-refractivity contribution in [2.45, 2.75) is 18.4 Å². The Balaban J connectivity index is 1.80. The lowest BCUT2D eigenvalue weighted by Crippen LogP contribution is -2.54. The predicted molar refractivity (Wildman–Crippen MR) is 108 cm³/mol. The molecule has 0 spiro atoms. The van der Waals surface area contributed by atoms with Crippen molar-refractivity contribution in [3.63, 3.8) is 0 Å². The van der Waals surface area contributed by atoms with E-state index in [4.69, 9.17) is 4.74 Å². The molecule has 2 atom stereocenters. The summed E-state index contributed by atoms with van der Waals surface area (Å²) >= 11 is 1.61. The molecule has 1 aliphatic heterocycles. The van der Waals surface area contributed by atoms with Crippen molar-refractivity contribution < 1.29 is 14.6 Å². The smallest absolute Gasteiger partial charge is 0.227 e. The number of methoxy groups -OCH3 is 1. The van der Waals surface area contributed by atoms with Gasteiger partial charge in [-0.15, -0.1) is 11.3 Å². The number of thiophene rings is 1. The summed E-state index contributed by atoms with van der Waals surface area (Å²) in [6, 6.07) is 11.6. The topological polar surface area (TPSA) is 53.0 Å². The van der Waals surface area contributed by atoms with E-state index in [2.05, 4.69) is 4.90 Å². The molecular formula is C21H28N2O3S. The predicted octanol–water partition coefficient (Wildman–Crippen LogP) is 2.60. The molecule has 1 aromatic heterocycles. The standard InChI is InChI=1S/C21H28N2O3S/c1-22(2)14-17-15-23(20(24)13-19-8-5-11-27-19)10-9-21(17,25)16-6-4-7-18(12-16)26-3/h4-8,11-12,17,25H,9-10,13-15H2,1-3H3. The fraction of sp³-hybridized carbons (Fsp3) is 0.476. The van der Waals surface area contributed by atoms with Gasteiger partial charge in [0.1, 0.15) is 5.75 Å². The molecule has 1 amide bonds. The van der Waals surface area contributed by atoms with Crippen LogP contribution in [-0.4, -0.2) is 61.7 Å². The van der Waals surface area contributed by atoms with Crippen molar-refractivity contribution >= 4 is 17.2 Å². The van der Waals surface area contributed by atoms with E-state index < -0.39 is 5.60 Å². The van der Waals surface area contributed by atoms with Crippen LogP contribution in [0.4, 0.5) is 0 Å². The fourth-order valence-electron chi connectivity index (χ4n) is 3.84. The summed E-state index contributed by atoms with van der Waals surface area (Å²) in [6.07, 6.45) is 0.957. The molecule has 0 aliphatic carbocycles. The van der Waals surface area contributed by atoms with E-state index in [1.807, 2.05) is 60.8 Å². The minimum Gasteiger partial charge on any atom is -0.497 e. The maximum atomic E-state index is 12.8. The van der Waals surface area contributed by atoms with Crippen LogP contribution in [0.3, 0.4) is 0 Å². The Morgan fingerprint density at radius 1 is 1.37 bits per heavy atom. The normalized spacial score (nSPS) is 22.9. The quantitative estimate of drug-likeness (QED) is 0.827. The molecule has 0 bridgehead atoms. The zero-order valence-corrected chi connectivity index (χ0v) is 17.0. The number of ether oxygens (including phenoxy) is 1. The first-order valence-electron chi connectivity index (χ1n) is 9.24. The summed E-state index contributed by atoms with van der Waals surface area (Å²) in [5, 5.41) is 13.6. The second kappa shape index (κ2) is 8.42. The van der Waals surface area contributed by atoms with E-state index in [9.17, 15) is 9.90 Å². The third-order valence-electron chi connectivity index (χ3n) is 5.29. The first kappa shape index (κ1) is 19.9. The second-order valence-corrected chi connectivity index (χ2v) is 8.49. The highest BCUT2D eigenvalue weighted by Crippen LogP contribution is 2.39. The molecule has 5 nitrogen and oxygen atoms in total. The molecular weight excluding hydrogens is 360 g/mol. The molecule has 1 aromatic carbocycles. The van der Waals surface area contributed by atoms with Crippen LogP contribution in [-0.2, 0) is 16.8 Å². The van der Waals surface area contributed by atoms with Crippen LogP contribution in [0.2, 0.25) is 0 Å². The molecule has 3 rings (SSSR count). The van der Waals surface area contributed by atoms with Crippen LogP contribution < -0.4 is 4.74 Å². The number of amides is 1. The van der Waals surface area contributed by atoms with Crippen molar-refractivity contribution in [3.05, 3.63) is 52.2 Å². The summed E-state index contributed by atoms with van der Waals surface area (Å²) in [5.74, 6) is 0.801. The third kappa shape index (κ3) is 4.51. The van der Waals surface area contributed by atoms with Crippen molar-refractivity contribution in [3.8, 4) is 5.75 Å². The highest BCUT2D eigenvalue weighted by molar-refractivity contribution is 7.10. The number of rotatable bonds is 6. The van der Waals surface area contributed by atoms with Gasteiger partial charge in [0.05, 0.1) is 19.1 Å². The zero-order chi connectivity index (χ0) is 19.4. The number of piperidine rings is 1. The SMILES string of the molecule is COc1cccc(C2(O)CCN(C(=O)Cc3cccs3)CC2CN(C)C)c1. The van der Waals surface area contributed by atoms with Gasteiger partial charge in [-0.25, -0.2) is 0 Å². The van der Waals surface area contributed by atoms with Crippen LogP contribution in [0.1, 0.15) is 16.9 Å². The molecule has 1 fully saturated rings. The van der Waals surface area contributed by atoms with E-state index in [0.29, 0.717) is 32.5 Å². The number of carbonyl (C=O) groups excluding carboxylic acids is 1. The molecule has 0 saturated carbocycles. The lowest BCUT2D eigenvalue weighted by molar-refractivity contribution is -0.141. The Bertz CT molecular complexity index is 763. The third-order valence-corrected chi connectivity index (χ3v) is 6.17. The van der Waals surface area contributed by atoms with Gasteiger partial charge in [0.2, 0.25) is 5.91 Å². The molecule has 2 aromatic rings. The van der Waals surface area contributed by atoms with Crippen molar-refractivity contribution in [2.24, 2.45) is 5.92 Å². The molecule has 1 N–H and O–H groups in total. The number of benzene rings is 1. The van der Waals surface area contributed by atoms with Gasteiger partial charge in [0.15, 0.2) is 0 Å². The number of nitrogens with zero attached hydrogens (tertiary/aromatic N) is 2. The Morgan fingerprint density at radius 2 is 2.19 bits per heavy atom. The van der Waals surface area contributed by atoms with Crippen LogP contribution in [0, 0.1) is 5.92 Å². The van der Waals surface area contributed by atoms with E-state index >= 15 is 0 Å². The number of carbonyl (C=O) groups is 1. The van der Waals surface area contributed by atoms with Gasteiger partial charge in [0, 0.05) is 30.4 Å². The number of aliphatic hydroxyl groups is 1. The van der Waals surface area contributed by atoms with Crippen LogP contribution >= 0.6 is 11.3 Å². The summed E-state index contributed by atoms with van der Waals surface area (Å²) in [5.41, 5.74) is -0.113. The Morgan fingerprint density at radius 3 is 2.85 bits per heavy atom. The highest BCUT2D eigenvalue weighted by Gasteiger charge is 2.44. The van der Waals surface area contributed by atoms with Gasteiger partial charge in [-0.05, 0) is 49.7 Å². The minimum absolute atomic E-state index is 0.0689. The monoisotopic (exact) mass is 388 g/mol. The molecule has 0 radical (unpaired) electrons. The molecule has 2 unspecified atom stereocenters. The summed E-state index contributed by atoms with van der Waals surface area (Å²) in [4.78, 5) is 17.8. The van der Waals surface area contributed by atoms with Gasteiger partial charge in [-0.1, -0.05) is 18.2 Å². The Hall–Kier alpha value is -1.89. The van der Waals surface area contributed by atoms with Gasteiger partial charge >= 0.3 is 0 Å².